The van der Waals surface area contributed by atoms with Gasteiger partial charge in [-0.15, -0.1) is 5.10 Å². The summed E-state index contributed by atoms with van der Waals surface area (Å²) in [6.07, 6.45) is 0. The van der Waals surface area contributed by atoms with Crippen LogP contribution in [-0.4, -0.2) is 26.8 Å². The van der Waals surface area contributed by atoms with Crippen LogP contribution in [0.1, 0.15) is 11.1 Å². The van der Waals surface area contributed by atoms with Crippen molar-refractivity contribution < 1.29 is 4.79 Å². The lowest BCUT2D eigenvalue weighted by Crippen LogP contribution is -2.44. The van der Waals surface area contributed by atoms with E-state index in [1.165, 1.54) is 4.57 Å². The molecule has 0 bridgehead atoms. The van der Waals surface area contributed by atoms with Crippen LogP contribution >= 0.6 is 0 Å². The lowest BCUT2D eigenvalue weighted by Gasteiger charge is -2.18. The Balaban J connectivity index is 1.65. The average molecular weight is 391 g/mol. The van der Waals surface area contributed by atoms with Gasteiger partial charge in [0.15, 0.2) is 0 Å². The van der Waals surface area contributed by atoms with Gasteiger partial charge in [-0.05, 0) is 37.6 Å². The van der Waals surface area contributed by atoms with Crippen LogP contribution in [-0.2, 0) is 17.9 Å². The van der Waals surface area contributed by atoms with Gasteiger partial charge in [-0.2, -0.15) is 0 Å². The van der Waals surface area contributed by atoms with Crippen LogP contribution in [0.5, 0.6) is 0 Å². The summed E-state index contributed by atoms with van der Waals surface area (Å²) in [5.41, 5.74) is 2.08. The maximum Gasteiger partial charge on any atom is 0.333 e. The summed E-state index contributed by atoms with van der Waals surface area (Å²) in [4.78, 5) is 39.3. The highest BCUT2D eigenvalue weighted by molar-refractivity contribution is 5.91. The standard InChI is InChI=1S/C21H21N5O3/c1-14-7-9-16(10-8-14)24-11-12-25-19(28)20(29)26(23-21(24)25)13-18(27)22-17-6-4-3-5-15(17)2/h3-10H,11-13H2,1-2H3,(H,22,27). The molecular weight excluding hydrogens is 370 g/mol. The molecule has 148 valence electrons. The number of para-hydroxylation sites is 1. The van der Waals surface area contributed by atoms with Gasteiger partial charge in [-0.25, -0.2) is 4.68 Å². The topological polar surface area (TPSA) is 89.2 Å². The minimum absolute atomic E-state index is 0.335. The van der Waals surface area contributed by atoms with E-state index in [0.717, 1.165) is 21.5 Å². The lowest BCUT2D eigenvalue weighted by atomic mass is 10.2. The van der Waals surface area contributed by atoms with Crippen LogP contribution in [0.2, 0.25) is 0 Å². The Bertz CT molecular complexity index is 1190. The first kappa shape index (κ1) is 18.7. The minimum Gasteiger partial charge on any atom is -0.324 e. The van der Waals surface area contributed by atoms with Crippen molar-refractivity contribution in [2.75, 3.05) is 16.8 Å². The molecule has 1 aromatic heterocycles. The van der Waals surface area contributed by atoms with Gasteiger partial charge in [0.25, 0.3) is 0 Å². The number of rotatable bonds is 4. The number of nitrogens with zero attached hydrogens (tertiary/aromatic N) is 4. The highest BCUT2D eigenvalue weighted by atomic mass is 16.2. The summed E-state index contributed by atoms with van der Waals surface area (Å²) in [6, 6.07) is 15.2. The molecule has 29 heavy (non-hydrogen) atoms. The van der Waals surface area contributed by atoms with E-state index >= 15 is 0 Å². The molecule has 0 spiro atoms. The van der Waals surface area contributed by atoms with Crippen molar-refractivity contribution in [3.05, 3.63) is 80.4 Å². The summed E-state index contributed by atoms with van der Waals surface area (Å²) in [5.74, 6) is -0.0553. The summed E-state index contributed by atoms with van der Waals surface area (Å²) in [5, 5.41) is 7.09. The molecule has 2 aromatic carbocycles. The first-order chi connectivity index (χ1) is 13.9. The van der Waals surface area contributed by atoms with E-state index in [1.807, 2.05) is 61.2 Å². The van der Waals surface area contributed by atoms with E-state index in [1.54, 1.807) is 6.07 Å². The van der Waals surface area contributed by atoms with Gasteiger partial charge in [0.05, 0.1) is 0 Å². The number of nitrogens with one attached hydrogen (secondary N) is 1. The first-order valence-corrected chi connectivity index (χ1v) is 9.35. The van der Waals surface area contributed by atoms with Crippen molar-refractivity contribution in [3.8, 4) is 0 Å². The number of anilines is 3. The molecule has 1 amide bonds. The van der Waals surface area contributed by atoms with E-state index in [0.29, 0.717) is 24.7 Å². The number of hydrogen-bond donors (Lipinski definition) is 1. The van der Waals surface area contributed by atoms with Gasteiger partial charge in [-0.3, -0.25) is 19.0 Å². The molecule has 1 aliphatic rings. The molecule has 4 rings (SSSR count). The highest BCUT2D eigenvalue weighted by Gasteiger charge is 2.26. The molecular formula is C21H21N5O3. The second kappa shape index (κ2) is 7.38. The lowest BCUT2D eigenvalue weighted by molar-refractivity contribution is -0.117. The van der Waals surface area contributed by atoms with Crippen molar-refractivity contribution in [2.24, 2.45) is 0 Å². The Labute approximate surface area is 167 Å². The van der Waals surface area contributed by atoms with Gasteiger partial charge < -0.3 is 10.2 Å². The quantitative estimate of drug-likeness (QED) is 0.685. The molecule has 8 nitrogen and oxygen atoms in total. The predicted octanol–water partition coefficient (Wildman–Crippen LogP) is 1.81. The van der Waals surface area contributed by atoms with Crippen LogP contribution in [0.4, 0.5) is 17.3 Å². The third kappa shape index (κ3) is 3.56. The summed E-state index contributed by atoms with van der Waals surface area (Å²) in [7, 11) is 0. The fraction of sp³-hybridized carbons (Fsp3) is 0.238. The number of hydrogen-bond acceptors (Lipinski definition) is 5. The second-order valence-corrected chi connectivity index (χ2v) is 7.07. The molecule has 1 aliphatic heterocycles. The Morgan fingerprint density at radius 2 is 1.72 bits per heavy atom. The van der Waals surface area contributed by atoms with Crippen molar-refractivity contribution in [2.45, 2.75) is 26.9 Å². The SMILES string of the molecule is Cc1ccc(N2CCn3c2nn(CC(=O)Nc2ccccc2C)c(=O)c3=O)cc1. The van der Waals surface area contributed by atoms with Crippen molar-refractivity contribution in [3.63, 3.8) is 0 Å². The zero-order chi connectivity index (χ0) is 20.5. The molecule has 0 aliphatic carbocycles. The van der Waals surface area contributed by atoms with Gasteiger partial charge in [0.2, 0.25) is 11.9 Å². The largest absolute Gasteiger partial charge is 0.333 e. The number of fused-ring (bicyclic) bond motifs is 1. The van der Waals surface area contributed by atoms with Crippen LogP contribution in [0.25, 0.3) is 0 Å². The van der Waals surface area contributed by atoms with Gasteiger partial charge >= 0.3 is 11.1 Å². The normalized spacial score (nSPS) is 12.7. The van der Waals surface area contributed by atoms with Gasteiger partial charge in [-0.1, -0.05) is 35.9 Å². The van der Waals surface area contributed by atoms with Crippen LogP contribution in [0.15, 0.2) is 58.1 Å². The maximum absolute atomic E-state index is 12.5. The average Bonchev–Trinajstić information content (AvgIpc) is 3.12. The van der Waals surface area contributed by atoms with E-state index in [-0.39, 0.29) is 6.54 Å². The van der Waals surface area contributed by atoms with E-state index in [2.05, 4.69) is 10.4 Å². The molecule has 0 saturated carbocycles. The zero-order valence-electron chi connectivity index (χ0n) is 16.3. The Morgan fingerprint density at radius 1 is 1.00 bits per heavy atom. The number of amides is 1. The fourth-order valence-corrected chi connectivity index (χ4v) is 3.34. The number of carbonyl (C=O) groups excluding carboxylic acids is 1. The summed E-state index contributed by atoms with van der Waals surface area (Å²) < 4.78 is 2.30. The third-order valence-electron chi connectivity index (χ3n) is 4.96. The van der Waals surface area contributed by atoms with E-state index in [9.17, 15) is 14.4 Å². The Hall–Kier alpha value is -3.68. The molecule has 0 saturated heterocycles. The maximum atomic E-state index is 12.5. The Morgan fingerprint density at radius 3 is 2.45 bits per heavy atom. The highest BCUT2D eigenvalue weighted by Crippen LogP contribution is 2.26. The molecule has 0 fully saturated rings. The molecule has 0 unspecified atom stereocenters. The summed E-state index contributed by atoms with van der Waals surface area (Å²) in [6.45, 7) is 4.44. The molecule has 0 radical (unpaired) electrons. The number of benzene rings is 2. The minimum atomic E-state index is -0.806. The number of aromatic nitrogens is 3. The van der Waals surface area contributed by atoms with Crippen molar-refractivity contribution in [1.82, 2.24) is 14.3 Å². The Kier molecular flexibility index (Phi) is 4.75. The van der Waals surface area contributed by atoms with E-state index < -0.39 is 17.0 Å². The van der Waals surface area contributed by atoms with Gasteiger partial charge in [0, 0.05) is 24.5 Å². The summed E-state index contributed by atoms with van der Waals surface area (Å²) >= 11 is 0. The van der Waals surface area contributed by atoms with E-state index in [4.69, 9.17) is 0 Å². The molecule has 1 N–H and O–H groups in total. The third-order valence-corrected chi connectivity index (χ3v) is 4.96. The molecule has 0 atom stereocenters. The fourth-order valence-electron chi connectivity index (χ4n) is 3.34. The van der Waals surface area contributed by atoms with Crippen molar-refractivity contribution in [1.29, 1.82) is 0 Å². The number of aryl methyl sites for hydroxylation is 2. The van der Waals surface area contributed by atoms with Crippen LogP contribution in [0.3, 0.4) is 0 Å². The second-order valence-electron chi connectivity index (χ2n) is 7.07. The van der Waals surface area contributed by atoms with Crippen molar-refractivity contribution >= 4 is 23.2 Å². The van der Waals surface area contributed by atoms with Crippen LogP contribution < -0.4 is 21.3 Å². The molecule has 8 heteroatoms. The number of carbonyl (C=O) groups is 1. The first-order valence-electron chi connectivity index (χ1n) is 9.35. The van der Waals surface area contributed by atoms with Crippen LogP contribution in [0, 0.1) is 13.8 Å². The molecule has 3 aromatic rings. The smallest absolute Gasteiger partial charge is 0.324 e. The van der Waals surface area contributed by atoms with Gasteiger partial charge in [0.1, 0.15) is 6.54 Å². The predicted molar refractivity (Wildman–Crippen MR) is 111 cm³/mol. The monoisotopic (exact) mass is 391 g/mol. The molecule has 2 heterocycles. The zero-order valence-corrected chi connectivity index (χ0v) is 16.3.